The van der Waals surface area contributed by atoms with E-state index in [1.165, 1.54) is 0 Å². The Kier molecular flexibility index (Phi) is 6.37. The summed E-state index contributed by atoms with van der Waals surface area (Å²) in [5.74, 6) is 0.464. The zero-order valence-corrected chi connectivity index (χ0v) is 14.0. The predicted molar refractivity (Wildman–Crippen MR) is 94.2 cm³/mol. The van der Waals surface area contributed by atoms with Gasteiger partial charge in [-0.2, -0.15) is 0 Å². The molecule has 0 aromatic heterocycles. The van der Waals surface area contributed by atoms with Gasteiger partial charge in [0.15, 0.2) is 6.61 Å². The third-order valence-electron chi connectivity index (χ3n) is 3.59. The summed E-state index contributed by atoms with van der Waals surface area (Å²) in [6.45, 7) is 2.00. The lowest BCUT2D eigenvalue weighted by molar-refractivity contribution is -0.120. The molecule has 0 radical (unpaired) electrons. The van der Waals surface area contributed by atoms with Gasteiger partial charge in [0.05, 0.1) is 6.42 Å². The highest BCUT2D eigenvalue weighted by Crippen LogP contribution is 2.18. The number of carbonyl (C=O) groups is 2. The van der Waals surface area contributed by atoms with Gasteiger partial charge in [0, 0.05) is 12.7 Å². The minimum atomic E-state index is -0.222. The van der Waals surface area contributed by atoms with Gasteiger partial charge >= 0.3 is 0 Å². The second-order valence-electron chi connectivity index (χ2n) is 5.35. The number of hydrogen-bond donors (Lipinski definition) is 2. The summed E-state index contributed by atoms with van der Waals surface area (Å²) in [5.41, 5.74) is 2.64. The molecule has 2 N–H and O–H groups in total. The molecule has 0 aliphatic carbocycles. The number of amides is 2. The molecular weight excluding hydrogens is 304 g/mol. The molecule has 0 saturated carbocycles. The SMILES string of the molecule is CCc1ccccc1OCC(=O)Nc1ccc(CC(=O)NC)cc1. The molecule has 126 valence electrons. The lowest BCUT2D eigenvalue weighted by Gasteiger charge is -2.11. The van der Waals surface area contributed by atoms with Crippen molar-refractivity contribution >= 4 is 17.5 Å². The van der Waals surface area contributed by atoms with E-state index in [2.05, 4.69) is 10.6 Å². The molecule has 2 amide bonds. The molecule has 0 heterocycles. The number of para-hydroxylation sites is 1. The van der Waals surface area contributed by atoms with Gasteiger partial charge in [-0.25, -0.2) is 0 Å². The number of nitrogens with one attached hydrogen (secondary N) is 2. The van der Waals surface area contributed by atoms with Crippen molar-refractivity contribution in [2.45, 2.75) is 19.8 Å². The number of benzene rings is 2. The van der Waals surface area contributed by atoms with Crippen LogP contribution in [0.1, 0.15) is 18.1 Å². The van der Waals surface area contributed by atoms with Crippen molar-refractivity contribution in [1.29, 1.82) is 0 Å². The fourth-order valence-electron chi connectivity index (χ4n) is 2.26. The van der Waals surface area contributed by atoms with Crippen molar-refractivity contribution in [3.8, 4) is 5.75 Å². The Morgan fingerprint density at radius 3 is 2.38 bits per heavy atom. The van der Waals surface area contributed by atoms with Crippen LogP contribution < -0.4 is 15.4 Å². The Morgan fingerprint density at radius 2 is 1.71 bits per heavy atom. The van der Waals surface area contributed by atoms with Gasteiger partial charge in [-0.05, 0) is 35.7 Å². The number of ether oxygens (including phenoxy) is 1. The summed E-state index contributed by atoms with van der Waals surface area (Å²) in [6.07, 6.45) is 1.17. The van der Waals surface area contributed by atoms with Gasteiger partial charge in [-0.3, -0.25) is 9.59 Å². The number of likely N-dealkylation sites (N-methyl/N-ethyl adjacent to an activating group) is 1. The van der Waals surface area contributed by atoms with Gasteiger partial charge in [-0.1, -0.05) is 37.3 Å². The summed E-state index contributed by atoms with van der Waals surface area (Å²) in [7, 11) is 1.60. The van der Waals surface area contributed by atoms with Crippen LogP contribution in [0.4, 0.5) is 5.69 Å². The molecular formula is C19H22N2O3. The van der Waals surface area contributed by atoms with Crippen LogP contribution >= 0.6 is 0 Å². The fourth-order valence-corrected chi connectivity index (χ4v) is 2.26. The van der Waals surface area contributed by atoms with E-state index in [1.54, 1.807) is 19.2 Å². The van der Waals surface area contributed by atoms with Crippen molar-refractivity contribution in [1.82, 2.24) is 5.32 Å². The molecule has 0 aliphatic rings. The second-order valence-corrected chi connectivity index (χ2v) is 5.35. The molecule has 0 saturated heterocycles. The third kappa shape index (κ3) is 5.12. The normalized spacial score (nSPS) is 10.1. The smallest absolute Gasteiger partial charge is 0.262 e. The minimum absolute atomic E-state index is 0.0446. The summed E-state index contributed by atoms with van der Waals surface area (Å²) >= 11 is 0. The number of rotatable bonds is 7. The Labute approximate surface area is 142 Å². The average molecular weight is 326 g/mol. The summed E-state index contributed by atoms with van der Waals surface area (Å²) in [6, 6.07) is 14.9. The van der Waals surface area contributed by atoms with E-state index in [0.29, 0.717) is 12.1 Å². The monoisotopic (exact) mass is 326 g/mol. The van der Waals surface area contributed by atoms with Crippen molar-refractivity contribution in [3.05, 3.63) is 59.7 Å². The van der Waals surface area contributed by atoms with Crippen LogP contribution in [-0.2, 0) is 22.4 Å². The molecule has 0 unspecified atom stereocenters. The molecule has 0 bridgehead atoms. The molecule has 24 heavy (non-hydrogen) atoms. The molecule has 5 nitrogen and oxygen atoms in total. The summed E-state index contributed by atoms with van der Waals surface area (Å²) < 4.78 is 5.59. The van der Waals surface area contributed by atoms with Gasteiger partial charge in [0.2, 0.25) is 5.91 Å². The first-order valence-corrected chi connectivity index (χ1v) is 7.92. The van der Waals surface area contributed by atoms with Crippen LogP contribution in [-0.4, -0.2) is 25.5 Å². The Hall–Kier alpha value is -2.82. The van der Waals surface area contributed by atoms with Gasteiger partial charge in [0.1, 0.15) is 5.75 Å². The largest absolute Gasteiger partial charge is 0.483 e. The number of carbonyl (C=O) groups excluding carboxylic acids is 2. The maximum Gasteiger partial charge on any atom is 0.262 e. The highest BCUT2D eigenvalue weighted by atomic mass is 16.5. The minimum Gasteiger partial charge on any atom is -0.483 e. The molecule has 2 aromatic carbocycles. The molecule has 0 aliphatic heterocycles. The molecule has 0 spiro atoms. The molecule has 5 heteroatoms. The first kappa shape index (κ1) is 17.5. The maximum absolute atomic E-state index is 12.0. The van der Waals surface area contributed by atoms with E-state index in [0.717, 1.165) is 23.3 Å². The van der Waals surface area contributed by atoms with Crippen molar-refractivity contribution in [3.63, 3.8) is 0 Å². The van der Waals surface area contributed by atoms with Crippen LogP contribution in [0.25, 0.3) is 0 Å². The van der Waals surface area contributed by atoms with E-state index in [-0.39, 0.29) is 18.4 Å². The second kappa shape index (κ2) is 8.72. The first-order valence-electron chi connectivity index (χ1n) is 7.92. The van der Waals surface area contributed by atoms with Gasteiger partial charge in [-0.15, -0.1) is 0 Å². The van der Waals surface area contributed by atoms with E-state index in [1.807, 2.05) is 43.3 Å². The van der Waals surface area contributed by atoms with Crippen LogP contribution in [0.2, 0.25) is 0 Å². The number of anilines is 1. The van der Waals surface area contributed by atoms with Crippen molar-refractivity contribution < 1.29 is 14.3 Å². The first-order chi connectivity index (χ1) is 11.6. The van der Waals surface area contributed by atoms with Gasteiger partial charge in [0.25, 0.3) is 5.91 Å². The molecule has 0 atom stereocenters. The van der Waals surface area contributed by atoms with Crippen LogP contribution in [0.5, 0.6) is 5.75 Å². The van der Waals surface area contributed by atoms with Crippen molar-refractivity contribution in [2.75, 3.05) is 19.0 Å². The zero-order chi connectivity index (χ0) is 17.4. The number of hydrogen-bond acceptors (Lipinski definition) is 3. The lowest BCUT2D eigenvalue weighted by Crippen LogP contribution is -2.21. The standard InChI is InChI=1S/C19H22N2O3/c1-3-15-6-4-5-7-17(15)24-13-19(23)21-16-10-8-14(9-11-16)12-18(22)20-2/h4-11H,3,12-13H2,1-2H3,(H,20,22)(H,21,23). The molecule has 2 aromatic rings. The van der Waals surface area contributed by atoms with E-state index < -0.39 is 0 Å². The topological polar surface area (TPSA) is 67.4 Å². The van der Waals surface area contributed by atoms with E-state index in [4.69, 9.17) is 4.74 Å². The quantitative estimate of drug-likeness (QED) is 0.822. The van der Waals surface area contributed by atoms with Crippen LogP contribution in [0, 0.1) is 0 Å². The fraction of sp³-hybridized carbons (Fsp3) is 0.263. The Bertz CT molecular complexity index is 696. The highest BCUT2D eigenvalue weighted by molar-refractivity contribution is 5.92. The maximum atomic E-state index is 12.0. The summed E-state index contributed by atoms with van der Waals surface area (Å²) in [5, 5.41) is 5.36. The van der Waals surface area contributed by atoms with Crippen LogP contribution in [0.3, 0.4) is 0 Å². The van der Waals surface area contributed by atoms with Crippen molar-refractivity contribution in [2.24, 2.45) is 0 Å². The van der Waals surface area contributed by atoms with Crippen LogP contribution in [0.15, 0.2) is 48.5 Å². The highest BCUT2D eigenvalue weighted by Gasteiger charge is 2.07. The Balaban J connectivity index is 1.87. The zero-order valence-electron chi connectivity index (χ0n) is 14.0. The summed E-state index contributed by atoms with van der Waals surface area (Å²) in [4.78, 5) is 23.3. The van der Waals surface area contributed by atoms with E-state index in [9.17, 15) is 9.59 Å². The predicted octanol–water partition coefficient (Wildman–Crippen LogP) is 2.56. The molecule has 0 fully saturated rings. The lowest BCUT2D eigenvalue weighted by atomic mass is 10.1. The Morgan fingerprint density at radius 1 is 1.00 bits per heavy atom. The average Bonchev–Trinajstić information content (AvgIpc) is 2.61. The number of aryl methyl sites for hydroxylation is 1. The third-order valence-corrected chi connectivity index (χ3v) is 3.59. The van der Waals surface area contributed by atoms with Gasteiger partial charge < -0.3 is 15.4 Å². The molecule has 2 rings (SSSR count). The van der Waals surface area contributed by atoms with E-state index >= 15 is 0 Å².